The van der Waals surface area contributed by atoms with Crippen LogP contribution in [0, 0.1) is 17.3 Å². The van der Waals surface area contributed by atoms with Crippen LogP contribution < -0.4 is 4.74 Å². The molecule has 0 radical (unpaired) electrons. The first-order chi connectivity index (χ1) is 11.4. The summed E-state index contributed by atoms with van der Waals surface area (Å²) in [4.78, 5) is 23.7. The number of carbonyl (C=O) groups is 2. The number of hydrogen-bond acceptors (Lipinski definition) is 3. The summed E-state index contributed by atoms with van der Waals surface area (Å²) < 4.78 is 6.17. The molecule has 0 bridgehead atoms. The molecule has 4 heteroatoms. The Bertz CT molecular complexity index is 726. The molecule has 1 aromatic rings. The normalized spacial score (nSPS) is 34.3. The lowest BCUT2D eigenvalue weighted by atomic mass is 9.55. The van der Waals surface area contributed by atoms with E-state index < -0.39 is 0 Å². The van der Waals surface area contributed by atoms with Crippen LogP contribution in [0.15, 0.2) is 16.6 Å². The summed E-state index contributed by atoms with van der Waals surface area (Å²) in [6, 6.07) is 4.19. The lowest BCUT2D eigenvalue weighted by Crippen LogP contribution is -2.42. The Morgan fingerprint density at radius 2 is 2.04 bits per heavy atom. The van der Waals surface area contributed by atoms with Crippen LogP contribution in [0.5, 0.6) is 5.75 Å². The van der Waals surface area contributed by atoms with E-state index in [1.165, 1.54) is 18.1 Å². The summed E-state index contributed by atoms with van der Waals surface area (Å²) >= 11 is 3.57. The lowest BCUT2D eigenvalue weighted by Gasteiger charge is -2.48. The molecule has 0 N–H and O–H groups in total. The molecule has 3 aliphatic rings. The molecule has 3 aliphatic carbocycles. The number of carbonyl (C=O) groups excluding carboxylic acids is 2. The van der Waals surface area contributed by atoms with E-state index in [4.69, 9.17) is 4.74 Å². The zero-order valence-corrected chi connectivity index (χ0v) is 15.8. The number of ether oxygens (including phenoxy) is 1. The van der Waals surface area contributed by atoms with Gasteiger partial charge in [0.1, 0.15) is 11.5 Å². The van der Waals surface area contributed by atoms with Crippen molar-refractivity contribution in [2.24, 2.45) is 17.3 Å². The van der Waals surface area contributed by atoms with Gasteiger partial charge in [0.25, 0.3) is 0 Å². The van der Waals surface area contributed by atoms with Crippen LogP contribution >= 0.6 is 15.9 Å². The van der Waals surface area contributed by atoms with Crippen LogP contribution in [0.3, 0.4) is 0 Å². The fraction of sp³-hybridized carbons (Fsp3) is 0.600. The van der Waals surface area contributed by atoms with Crippen LogP contribution in [-0.2, 0) is 16.0 Å². The highest BCUT2D eigenvalue weighted by molar-refractivity contribution is 9.10. The topological polar surface area (TPSA) is 43.4 Å². The zero-order chi connectivity index (χ0) is 17.1. The summed E-state index contributed by atoms with van der Waals surface area (Å²) in [5.74, 6) is 2.53. The van der Waals surface area contributed by atoms with Crippen molar-refractivity contribution in [3.8, 4) is 5.75 Å². The van der Waals surface area contributed by atoms with E-state index in [1.54, 1.807) is 0 Å². The first kappa shape index (κ1) is 16.3. The second kappa shape index (κ2) is 5.69. The molecule has 2 saturated carbocycles. The highest BCUT2D eigenvalue weighted by atomic mass is 79.9. The minimum absolute atomic E-state index is 0.0758. The second-order valence-electron chi connectivity index (χ2n) is 7.91. The molecule has 0 unspecified atom stereocenters. The largest absolute Gasteiger partial charge is 0.426 e. The van der Waals surface area contributed by atoms with E-state index >= 15 is 0 Å². The third-order valence-corrected chi connectivity index (χ3v) is 7.36. The van der Waals surface area contributed by atoms with Crippen LogP contribution in [0.2, 0.25) is 0 Å². The van der Waals surface area contributed by atoms with Gasteiger partial charge in [-0.05, 0) is 89.0 Å². The number of halogens is 1. The number of ketones is 1. The Morgan fingerprint density at radius 3 is 2.79 bits per heavy atom. The van der Waals surface area contributed by atoms with E-state index in [-0.39, 0.29) is 11.4 Å². The minimum Gasteiger partial charge on any atom is -0.426 e. The molecule has 3 nitrogen and oxygen atoms in total. The number of rotatable bonds is 1. The quantitative estimate of drug-likeness (QED) is 0.510. The average Bonchev–Trinajstić information content (AvgIpc) is 2.83. The van der Waals surface area contributed by atoms with Gasteiger partial charge in [-0.25, -0.2) is 0 Å². The first-order valence-corrected chi connectivity index (χ1v) is 9.73. The summed E-state index contributed by atoms with van der Waals surface area (Å²) in [5.41, 5.74) is 2.63. The lowest BCUT2D eigenvalue weighted by molar-refractivity contribution is -0.132. The number of esters is 1. The van der Waals surface area contributed by atoms with Gasteiger partial charge in [0.15, 0.2) is 0 Å². The van der Waals surface area contributed by atoms with Gasteiger partial charge in [0, 0.05) is 18.8 Å². The van der Waals surface area contributed by atoms with Crippen molar-refractivity contribution in [2.75, 3.05) is 0 Å². The number of fused-ring (bicyclic) bond motifs is 5. The monoisotopic (exact) mass is 390 g/mol. The van der Waals surface area contributed by atoms with Gasteiger partial charge in [0.2, 0.25) is 0 Å². The maximum Gasteiger partial charge on any atom is 0.308 e. The molecular weight excluding hydrogens is 368 g/mol. The zero-order valence-electron chi connectivity index (χ0n) is 14.2. The van der Waals surface area contributed by atoms with Gasteiger partial charge in [-0.3, -0.25) is 9.59 Å². The van der Waals surface area contributed by atoms with Gasteiger partial charge in [-0.2, -0.15) is 0 Å². The molecule has 128 valence electrons. The maximum absolute atomic E-state index is 12.4. The van der Waals surface area contributed by atoms with Crippen molar-refractivity contribution in [1.82, 2.24) is 0 Å². The summed E-state index contributed by atoms with van der Waals surface area (Å²) in [6.07, 6.45) is 6.10. The van der Waals surface area contributed by atoms with Gasteiger partial charge in [-0.1, -0.05) is 6.92 Å². The highest BCUT2D eigenvalue weighted by Crippen LogP contribution is 2.59. The third kappa shape index (κ3) is 2.37. The fourth-order valence-electron chi connectivity index (χ4n) is 5.58. The van der Waals surface area contributed by atoms with Crippen molar-refractivity contribution >= 4 is 27.7 Å². The molecule has 0 saturated heterocycles. The molecule has 0 heterocycles. The summed E-state index contributed by atoms with van der Waals surface area (Å²) in [5, 5.41) is 0. The molecule has 4 atom stereocenters. The summed E-state index contributed by atoms with van der Waals surface area (Å²) in [6.45, 7) is 3.64. The smallest absolute Gasteiger partial charge is 0.308 e. The Morgan fingerprint density at radius 1 is 1.25 bits per heavy atom. The molecule has 4 rings (SSSR count). The second-order valence-corrected chi connectivity index (χ2v) is 8.76. The molecule has 1 aromatic carbocycles. The van der Waals surface area contributed by atoms with Crippen molar-refractivity contribution in [3.05, 3.63) is 27.7 Å². The predicted molar refractivity (Wildman–Crippen MR) is 95.1 cm³/mol. The van der Waals surface area contributed by atoms with Gasteiger partial charge >= 0.3 is 5.97 Å². The van der Waals surface area contributed by atoms with E-state index in [1.807, 2.05) is 6.07 Å². The minimum atomic E-state index is -0.290. The molecule has 2 fully saturated rings. The molecule has 0 amide bonds. The van der Waals surface area contributed by atoms with Gasteiger partial charge < -0.3 is 4.74 Å². The molecule has 0 aromatic heterocycles. The maximum atomic E-state index is 12.4. The van der Waals surface area contributed by atoms with E-state index in [0.717, 1.165) is 43.0 Å². The average molecular weight is 391 g/mol. The highest BCUT2D eigenvalue weighted by Gasteiger charge is 2.54. The number of benzene rings is 1. The van der Waals surface area contributed by atoms with Gasteiger partial charge in [-0.15, -0.1) is 0 Å². The molecule has 24 heavy (non-hydrogen) atoms. The molecular formula is C20H23BrO3. The summed E-state index contributed by atoms with van der Waals surface area (Å²) in [7, 11) is 0. The predicted octanol–water partition coefficient (Wildman–Crippen LogP) is 4.80. The Hall–Kier alpha value is -1.16. The molecule has 0 aliphatic heterocycles. The third-order valence-electron chi connectivity index (χ3n) is 6.74. The Kier molecular flexibility index (Phi) is 3.87. The van der Waals surface area contributed by atoms with E-state index in [9.17, 15) is 9.59 Å². The van der Waals surface area contributed by atoms with Crippen molar-refractivity contribution < 1.29 is 14.3 Å². The van der Waals surface area contributed by atoms with Crippen molar-refractivity contribution in [3.63, 3.8) is 0 Å². The number of Topliss-reactive ketones (excluding diaryl/α,β-unsaturated/α-hetero) is 1. The van der Waals surface area contributed by atoms with Crippen LogP contribution in [0.25, 0.3) is 0 Å². The van der Waals surface area contributed by atoms with E-state index in [0.29, 0.717) is 29.3 Å². The Balaban J connectivity index is 1.69. The van der Waals surface area contributed by atoms with Crippen LogP contribution in [0.4, 0.5) is 0 Å². The fourth-order valence-corrected chi connectivity index (χ4v) is 6.02. The standard InChI is InChI=1S/C20H23BrO3/c1-11(22)24-18-9-12-3-4-14-13(15(12)10-17(18)21)7-8-20(2)16(14)5-6-19(20)23/h9-10,13-14,16H,3-8H2,1-2H3/t13-,14+,16-,20+/m0/s1. The first-order valence-electron chi connectivity index (χ1n) is 8.94. The molecule has 0 spiro atoms. The number of aryl methyl sites for hydroxylation is 1. The number of hydrogen-bond donors (Lipinski definition) is 0. The Labute approximate surface area is 151 Å². The van der Waals surface area contributed by atoms with Crippen molar-refractivity contribution in [2.45, 2.75) is 58.3 Å². The van der Waals surface area contributed by atoms with Gasteiger partial charge in [0.05, 0.1) is 4.47 Å². The van der Waals surface area contributed by atoms with Crippen LogP contribution in [-0.4, -0.2) is 11.8 Å². The van der Waals surface area contributed by atoms with E-state index in [2.05, 4.69) is 28.9 Å². The van der Waals surface area contributed by atoms with Crippen LogP contribution in [0.1, 0.15) is 63.0 Å². The van der Waals surface area contributed by atoms with Crippen molar-refractivity contribution in [1.29, 1.82) is 0 Å². The SMILES string of the molecule is CC(=O)Oc1cc2c(cc1Br)[C@H]1CC[C@@]3(C)C(=O)CC[C@H]3[C@@H]1CC2.